The van der Waals surface area contributed by atoms with E-state index in [1.54, 1.807) is 0 Å². The maximum atomic E-state index is 2.60. The van der Waals surface area contributed by atoms with Gasteiger partial charge in [-0.25, -0.2) is 0 Å². The Hall–Kier alpha value is 0. The maximum absolute atomic E-state index is 2.60. The lowest BCUT2D eigenvalue weighted by Crippen LogP contribution is -2.37. The highest BCUT2D eigenvalue weighted by atomic mass is 14.5. The summed E-state index contributed by atoms with van der Waals surface area (Å²) in [5, 5.41) is 0. The summed E-state index contributed by atoms with van der Waals surface area (Å²) >= 11 is 0. The van der Waals surface area contributed by atoms with Gasteiger partial charge in [-0.15, -0.1) is 0 Å². The van der Waals surface area contributed by atoms with Gasteiger partial charge >= 0.3 is 0 Å². The molecule has 0 aliphatic heterocycles. The molecule has 2 rings (SSSR count). The molecular weight excluding hydrogens is 180 g/mol. The average molecular weight is 208 g/mol. The first-order valence-electron chi connectivity index (χ1n) is 7.16. The molecule has 0 aromatic carbocycles. The van der Waals surface area contributed by atoms with Crippen LogP contribution in [0.3, 0.4) is 0 Å². The second-order valence-corrected chi connectivity index (χ2v) is 6.60. The van der Waals surface area contributed by atoms with Gasteiger partial charge in [0, 0.05) is 0 Å². The summed E-state index contributed by atoms with van der Waals surface area (Å²) in [6.07, 6.45) is 16.5. The van der Waals surface area contributed by atoms with E-state index in [2.05, 4.69) is 13.8 Å². The van der Waals surface area contributed by atoms with Crippen molar-refractivity contribution in [3.63, 3.8) is 0 Å². The zero-order valence-corrected chi connectivity index (χ0v) is 10.8. The van der Waals surface area contributed by atoms with Crippen molar-refractivity contribution in [3.05, 3.63) is 0 Å². The van der Waals surface area contributed by atoms with E-state index in [4.69, 9.17) is 0 Å². The van der Waals surface area contributed by atoms with Crippen LogP contribution in [0.1, 0.15) is 84.5 Å². The monoisotopic (exact) mass is 208 g/mol. The van der Waals surface area contributed by atoms with E-state index in [1.165, 1.54) is 70.6 Å². The van der Waals surface area contributed by atoms with Crippen LogP contribution in [0.2, 0.25) is 0 Å². The Balaban J connectivity index is 2.18. The van der Waals surface area contributed by atoms with Gasteiger partial charge in [-0.2, -0.15) is 0 Å². The van der Waals surface area contributed by atoms with E-state index >= 15 is 0 Å². The fourth-order valence-corrected chi connectivity index (χ4v) is 4.05. The zero-order chi connectivity index (χ0) is 10.8. The third-order valence-corrected chi connectivity index (χ3v) is 5.62. The Labute approximate surface area is 95.8 Å². The Morgan fingerprint density at radius 1 is 0.467 bits per heavy atom. The predicted octanol–water partition coefficient (Wildman–Crippen LogP) is 5.32. The van der Waals surface area contributed by atoms with Crippen LogP contribution in [0.5, 0.6) is 0 Å². The largest absolute Gasteiger partial charge is 0.0591 e. The predicted molar refractivity (Wildman–Crippen MR) is 67.0 cm³/mol. The van der Waals surface area contributed by atoms with E-state index in [0.29, 0.717) is 10.8 Å². The number of hydrogen-bond acceptors (Lipinski definition) is 0. The Morgan fingerprint density at radius 2 is 0.733 bits per heavy atom. The van der Waals surface area contributed by atoms with E-state index in [1.807, 2.05) is 0 Å². The molecule has 0 aromatic rings. The molecular formula is C15H28. The average Bonchev–Trinajstić information content (AvgIpc) is 2.32. The molecule has 88 valence electrons. The highest BCUT2D eigenvalue weighted by Crippen LogP contribution is 2.55. The van der Waals surface area contributed by atoms with Gasteiger partial charge in [0.15, 0.2) is 0 Å². The second-order valence-electron chi connectivity index (χ2n) is 6.60. The molecule has 0 nitrogen and oxygen atoms in total. The molecule has 2 atom stereocenters. The fraction of sp³-hybridized carbons (Fsp3) is 1.00. The molecule has 2 fully saturated rings. The lowest BCUT2D eigenvalue weighted by atomic mass is 9.57. The Bertz CT molecular complexity index is 186. The molecule has 2 unspecified atom stereocenters. The summed E-state index contributed by atoms with van der Waals surface area (Å²) in [5.41, 5.74) is 1.34. The lowest BCUT2D eigenvalue weighted by Gasteiger charge is -2.48. The molecule has 15 heavy (non-hydrogen) atoms. The summed E-state index contributed by atoms with van der Waals surface area (Å²) in [5.74, 6) is 0. The van der Waals surface area contributed by atoms with Gasteiger partial charge in [-0.3, -0.25) is 0 Å². The minimum absolute atomic E-state index is 0.671. The highest BCUT2D eigenvalue weighted by Gasteiger charge is 2.44. The first-order valence-corrected chi connectivity index (χ1v) is 7.16. The minimum Gasteiger partial charge on any atom is -0.0591 e. The van der Waals surface area contributed by atoms with Gasteiger partial charge in [0.2, 0.25) is 0 Å². The van der Waals surface area contributed by atoms with Crippen molar-refractivity contribution >= 4 is 0 Å². The fourth-order valence-electron chi connectivity index (χ4n) is 4.05. The number of fused-ring (bicyclic) bond motifs is 1. The van der Waals surface area contributed by atoms with Gasteiger partial charge in [-0.1, -0.05) is 58.8 Å². The quantitative estimate of drug-likeness (QED) is 0.505. The zero-order valence-electron chi connectivity index (χ0n) is 10.8. The molecule has 0 radical (unpaired) electrons. The van der Waals surface area contributed by atoms with Crippen LogP contribution in [-0.4, -0.2) is 0 Å². The molecule has 0 N–H and O–H groups in total. The first-order chi connectivity index (χ1) is 7.16. The summed E-state index contributed by atoms with van der Waals surface area (Å²) in [6, 6.07) is 0. The molecule has 2 saturated carbocycles. The molecule has 0 saturated heterocycles. The number of hydrogen-bond donors (Lipinski definition) is 0. The maximum Gasteiger partial charge on any atom is -0.0272 e. The topological polar surface area (TPSA) is 0 Å². The summed E-state index contributed by atoms with van der Waals surface area (Å²) in [7, 11) is 0. The van der Waals surface area contributed by atoms with E-state index in [9.17, 15) is 0 Å². The van der Waals surface area contributed by atoms with Gasteiger partial charge < -0.3 is 0 Å². The lowest BCUT2D eigenvalue weighted by molar-refractivity contribution is 0.0277. The third kappa shape index (κ3) is 2.24. The van der Waals surface area contributed by atoms with Crippen molar-refractivity contribution in [2.75, 3.05) is 0 Å². The SMILES string of the molecule is CC12CCCCCCC1(C)CCCCC2. The van der Waals surface area contributed by atoms with Crippen LogP contribution in [0.4, 0.5) is 0 Å². The van der Waals surface area contributed by atoms with Crippen LogP contribution in [0.25, 0.3) is 0 Å². The van der Waals surface area contributed by atoms with Crippen LogP contribution >= 0.6 is 0 Å². The normalized spacial score (nSPS) is 43.6. The molecule has 0 aromatic heterocycles. The highest BCUT2D eigenvalue weighted by molar-refractivity contribution is 4.94. The summed E-state index contributed by atoms with van der Waals surface area (Å²) < 4.78 is 0. The first kappa shape index (κ1) is 11.5. The van der Waals surface area contributed by atoms with Gasteiger partial charge in [0.1, 0.15) is 0 Å². The summed E-state index contributed by atoms with van der Waals surface area (Å²) in [4.78, 5) is 0. The molecule has 0 heterocycles. The smallest absolute Gasteiger partial charge is 0.0272 e. The molecule has 0 amide bonds. The van der Waals surface area contributed by atoms with Crippen molar-refractivity contribution in [3.8, 4) is 0 Å². The Morgan fingerprint density at radius 3 is 1.07 bits per heavy atom. The van der Waals surface area contributed by atoms with Gasteiger partial charge in [0.05, 0.1) is 0 Å². The van der Waals surface area contributed by atoms with Crippen LogP contribution < -0.4 is 0 Å². The third-order valence-electron chi connectivity index (χ3n) is 5.62. The van der Waals surface area contributed by atoms with E-state index < -0.39 is 0 Å². The van der Waals surface area contributed by atoms with Crippen molar-refractivity contribution in [1.29, 1.82) is 0 Å². The number of rotatable bonds is 0. The van der Waals surface area contributed by atoms with Crippen molar-refractivity contribution in [2.45, 2.75) is 84.5 Å². The molecule has 0 heteroatoms. The minimum atomic E-state index is 0.671. The van der Waals surface area contributed by atoms with Crippen molar-refractivity contribution < 1.29 is 0 Å². The van der Waals surface area contributed by atoms with Crippen LogP contribution in [-0.2, 0) is 0 Å². The Kier molecular flexibility index (Phi) is 3.42. The van der Waals surface area contributed by atoms with Gasteiger partial charge in [0.25, 0.3) is 0 Å². The molecule has 0 bridgehead atoms. The van der Waals surface area contributed by atoms with E-state index in [-0.39, 0.29) is 0 Å². The van der Waals surface area contributed by atoms with E-state index in [0.717, 1.165) is 0 Å². The molecule has 0 spiro atoms. The van der Waals surface area contributed by atoms with Crippen LogP contribution in [0.15, 0.2) is 0 Å². The standard InChI is InChI=1S/C15H28/c1-14-10-6-3-4-7-11-15(14,2)13-9-5-8-12-14/h3-13H2,1-2H3. The van der Waals surface area contributed by atoms with Crippen molar-refractivity contribution in [2.24, 2.45) is 10.8 Å². The molecule has 2 aliphatic rings. The van der Waals surface area contributed by atoms with Crippen LogP contribution in [0, 0.1) is 10.8 Å². The molecule has 2 aliphatic carbocycles. The summed E-state index contributed by atoms with van der Waals surface area (Å²) in [6.45, 7) is 5.20. The van der Waals surface area contributed by atoms with Gasteiger partial charge in [-0.05, 0) is 36.5 Å². The van der Waals surface area contributed by atoms with Crippen molar-refractivity contribution in [1.82, 2.24) is 0 Å². The second kappa shape index (κ2) is 4.47.